The molecule has 1 amide bonds. The summed E-state index contributed by atoms with van der Waals surface area (Å²) in [5.41, 5.74) is 9.58. The molecule has 0 bridgehead atoms. The first-order valence-electron chi connectivity index (χ1n) is 13.2. The monoisotopic (exact) mass is 610 g/mol. The molecule has 212 valence electrons. The number of amides is 1. The maximum Gasteiger partial charge on any atom is 0.321 e. The molecule has 41 heavy (non-hydrogen) atoms. The van der Waals surface area contributed by atoms with E-state index in [9.17, 15) is 14.4 Å². The highest BCUT2D eigenvalue weighted by atomic mass is 35.5. The molecule has 1 aliphatic heterocycles. The first-order chi connectivity index (χ1) is 19.4. The number of para-hydroxylation sites is 1. The standard InChI is InChI=1S/C31H29Cl3N4O3/c1-5-28(39)36-13-18(14-36)15-37-26-12-23(33)21(20-9-25(35)24(34)11-22(20)32)10-27(26)38(31(41)30(37)40)29-17(4)7-6-8-19(29)16(2)3/h5-12,16,18H,1,13-15,35H2,2-4H3. The number of halogens is 3. The summed E-state index contributed by atoms with van der Waals surface area (Å²) in [4.78, 5) is 41.4. The zero-order valence-electron chi connectivity index (χ0n) is 22.9. The number of aromatic nitrogens is 2. The van der Waals surface area contributed by atoms with Gasteiger partial charge in [-0.05, 0) is 54.3 Å². The summed E-state index contributed by atoms with van der Waals surface area (Å²) >= 11 is 19.6. The average Bonchev–Trinajstić information content (AvgIpc) is 2.90. The van der Waals surface area contributed by atoms with E-state index in [4.69, 9.17) is 40.5 Å². The van der Waals surface area contributed by atoms with Crippen molar-refractivity contribution in [2.24, 2.45) is 5.92 Å². The molecule has 2 heterocycles. The summed E-state index contributed by atoms with van der Waals surface area (Å²) in [7, 11) is 0. The van der Waals surface area contributed by atoms with Crippen LogP contribution in [0.5, 0.6) is 0 Å². The van der Waals surface area contributed by atoms with Crippen molar-refractivity contribution in [2.45, 2.75) is 33.2 Å². The Bertz CT molecular complexity index is 1850. The third-order valence-electron chi connectivity index (χ3n) is 7.60. The summed E-state index contributed by atoms with van der Waals surface area (Å²) in [6.07, 6.45) is 1.27. The van der Waals surface area contributed by atoms with Gasteiger partial charge in [0, 0.05) is 36.7 Å². The Morgan fingerprint density at radius 1 is 1.00 bits per heavy atom. The van der Waals surface area contributed by atoms with Crippen molar-refractivity contribution in [3.8, 4) is 16.8 Å². The molecule has 0 unspecified atom stereocenters. The molecule has 7 nitrogen and oxygen atoms in total. The van der Waals surface area contributed by atoms with Gasteiger partial charge >= 0.3 is 11.1 Å². The molecule has 5 rings (SSSR count). The van der Waals surface area contributed by atoms with Gasteiger partial charge in [-0.3, -0.25) is 19.0 Å². The van der Waals surface area contributed by atoms with Crippen LogP contribution in [0.2, 0.25) is 15.1 Å². The Kier molecular flexibility index (Phi) is 7.81. The minimum atomic E-state index is -0.679. The Labute approximate surface area is 252 Å². The SMILES string of the molecule is C=CC(=O)N1CC(Cn2c(=O)c(=O)n(-c3c(C)cccc3C(C)C)c3cc(-c4cc(N)c(Cl)cc4Cl)c(Cl)cc32)C1. The summed E-state index contributed by atoms with van der Waals surface area (Å²) in [6, 6.07) is 12.5. The summed E-state index contributed by atoms with van der Waals surface area (Å²) in [5.74, 6) is -0.0972. The summed E-state index contributed by atoms with van der Waals surface area (Å²) in [6.45, 7) is 10.7. The second kappa shape index (κ2) is 11.0. The highest BCUT2D eigenvalue weighted by Gasteiger charge is 2.31. The van der Waals surface area contributed by atoms with Crippen LogP contribution in [0.3, 0.4) is 0 Å². The van der Waals surface area contributed by atoms with Crippen LogP contribution >= 0.6 is 34.8 Å². The van der Waals surface area contributed by atoms with Gasteiger partial charge in [0.05, 0.1) is 37.5 Å². The van der Waals surface area contributed by atoms with Crippen LogP contribution in [-0.4, -0.2) is 33.0 Å². The van der Waals surface area contributed by atoms with Crippen molar-refractivity contribution >= 4 is 57.4 Å². The number of likely N-dealkylation sites (tertiary alicyclic amines) is 1. The number of carbonyl (C=O) groups is 1. The predicted octanol–water partition coefficient (Wildman–Crippen LogP) is 6.44. The smallest absolute Gasteiger partial charge is 0.321 e. The number of nitrogens with zero attached hydrogens (tertiary/aromatic N) is 3. The zero-order chi connectivity index (χ0) is 29.7. The van der Waals surface area contributed by atoms with Gasteiger partial charge in [-0.2, -0.15) is 0 Å². The van der Waals surface area contributed by atoms with Crippen LogP contribution in [0.15, 0.2) is 64.7 Å². The second-order valence-electron chi connectivity index (χ2n) is 10.7. The number of benzene rings is 3. The van der Waals surface area contributed by atoms with Crippen LogP contribution in [0.1, 0.15) is 30.9 Å². The molecule has 10 heteroatoms. The van der Waals surface area contributed by atoms with Crippen molar-refractivity contribution in [3.63, 3.8) is 0 Å². The number of carbonyl (C=O) groups excluding carboxylic acids is 1. The molecule has 0 atom stereocenters. The maximum absolute atomic E-state index is 14.0. The van der Waals surface area contributed by atoms with Crippen LogP contribution in [0.25, 0.3) is 27.8 Å². The van der Waals surface area contributed by atoms with Crippen molar-refractivity contribution in [3.05, 3.63) is 102 Å². The van der Waals surface area contributed by atoms with Crippen molar-refractivity contribution in [1.82, 2.24) is 14.0 Å². The van der Waals surface area contributed by atoms with Crippen LogP contribution < -0.4 is 16.9 Å². The normalized spacial score (nSPS) is 13.6. The Balaban J connectivity index is 1.82. The van der Waals surface area contributed by atoms with Gasteiger partial charge in [-0.25, -0.2) is 0 Å². The Morgan fingerprint density at radius 3 is 2.32 bits per heavy atom. The lowest BCUT2D eigenvalue weighted by Gasteiger charge is -2.39. The van der Waals surface area contributed by atoms with E-state index in [-0.39, 0.29) is 24.3 Å². The molecule has 1 aliphatic rings. The lowest BCUT2D eigenvalue weighted by molar-refractivity contribution is -0.132. The third kappa shape index (κ3) is 5.07. The number of anilines is 1. The first-order valence-corrected chi connectivity index (χ1v) is 14.3. The highest BCUT2D eigenvalue weighted by molar-refractivity contribution is 6.39. The van der Waals surface area contributed by atoms with E-state index in [1.54, 1.807) is 29.2 Å². The summed E-state index contributed by atoms with van der Waals surface area (Å²) < 4.78 is 2.95. The van der Waals surface area contributed by atoms with E-state index in [1.165, 1.54) is 15.2 Å². The van der Waals surface area contributed by atoms with Gasteiger partial charge in [0.1, 0.15) is 0 Å². The molecule has 0 aliphatic carbocycles. The highest BCUT2D eigenvalue weighted by Crippen LogP contribution is 2.40. The largest absolute Gasteiger partial charge is 0.398 e. The molecule has 2 N–H and O–H groups in total. The Morgan fingerprint density at radius 2 is 1.66 bits per heavy atom. The van der Waals surface area contributed by atoms with Crippen LogP contribution in [0, 0.1) is 12.8 Å². The number of nitrogen functional groups attached to an aromatic ring is 1. The van der Waals surface area contributed by atoms with Crippen LogP contribution in [0.4, 0.5) is 5.69 Å². The van der Waals surface area contributed by atoms with Gasteiger partial charge in [-0.1, -0.05) is 73.4 Å². The number of rotatable bonds is 6. The number of hydrogen-bond donors (Lipinski definition) is 1. The van der Waals surface area contributed by atoms with Gasteiger partial charge in [-0.15, -0.1) is 0 Å². The quantitative estimate of drug-likeness (QED) is 0.154. The summed E-state index contributed by atoms with van der Waals surface area (Å²) in [5, 5.41) is 0.977. The number of nitrogens with two attached hydrogens (primary N) is 1. The molecule has 1 saturated heterocycles. The molecule has 1 fully saturated rings. The van der Waals surface area contributed by atoms with Gasteiger partial charge < -0.3 is 15.2 Å². The maximum atomic E-state index is 14.0. The molecular weight excluding hydrogens is 583 g/mol. The van der Waals surface area contributed by atoms with E-state index < -0.39 is 11.1 Å². The fraction of sp³-hybridized carbons (Fsp3) is 0.258. The predicted molar refractivity (Wildman–Crippen MR) is 168 cm³/mol. The zero-order valence-corrected chi connectivity index (χ0v) is 25.1. The third-order valence-corrected chi connectivity index (χ3v) is 8.56. The number of fused-ring (bicyclic) bond motifs is 1. The Hall–Kier alpha value is -3.52. The average molecular weight is 612 g/mol. The van der Waals surface area contributed by atoms with Crippen LogP contribution in [-0.2, 0) is 11.3 Å². The molecular formula is C31H29Cl3N4O3. The van der Waals surface area contributed by atoms with Crippen molar-refractivity contribution < 1.29 is 4.79 Å². The fourth-order valence-electron chi connectivity index (χ4n) is 5.46. The minimum Gasteiger partial charge on any atom is -0.398 e. The fourth-order valence-corrected chi connectivity index (χ4v) is 6.21. The van der Waals surface area contributed by atoms with Crippen molar-refractivity contribution in [2.75, 3.05) is 18.8 Å². The lowest BCUT2D eigenvalue weighted by atomic mass is 9.97. The molecule has 0 saturated carbocycles. The number of hydrogen-bond acceptors (Lipinski definition) is 4. The van der Waals surface area contributed by atoms with Gasteiger partial charge in [0.25, 0.3) is 0 Å². The van der Waals surface area contributed by atoms with Gasteiger partial charge in [0.2, 0.25) is 5.91 Å². The first kappa shape index (κ1) is 29.0. The van der Waals surface area contributed by atoms with E-state index in [2.05, 4.69) is 6.58 Å². The van der Waals surface area contributed by atoms with E-state index in [0.717, 1.165) is 11.1 Å². The van der Waals surface area contributed by atoms with E-state index in [0.29, 0.717) is 61.7 Å². The molecule has 3 aromatic carbocycles. The van der Waals surface area contributed by atoms with Crippen molar-refractivity contribution in [1.29, 1.82) is 0 Å². The minimum absolute atomic E-state index is 0.0105. The van der Waals surface area contributed by atoms with Gasteiger partial charge in [0.15, 0.2) is 0 Å². The molecule has 0 radical (unpaired) electrons. The van der Waals surface area contributed by atoms with E-state index in [1.807, 2.05) is 39.0 Å². The van der Waals surface area contributed by atoms with E-state index >= 15 is 0 Å². The topological polar surface area (TPSA) is 90.3 Å². The molecule has 4 aromatic rings. The molecule has 1 aromatic heterocycles. The molecule has 0 spiro atoms. The second-order valence-corrected chi connectivity index (χ2v) is 11.9. The number of aryl methyl sites for hydroxylation is 1. The lowest BCUT2D eigenvalue weighted by Crippen LogP contribution is -2.52.